The summed E-state index contributed by atoms with van der Waals surface area (Å²) >= 11 is 0. The lowest BCUT2D eigenvalue weighted by molar-refractivity contribution is 0.296. The first-order valence-electron chi connectivity index (χ1n) is 9.67. The molecule has 0 aliphatic heterocycles. The van der Waals surface area contributed by atoms with Crippen molar-refractivity contribution >= 4 is 11.6 Å². The normalized spacial score (nSPS) is 11.4. The fourth-order valence-electron chi connectivity index (χ4n) is 3.45. The van der Waals surface area contributed by atoms with E-state index in [2.05, 4.69) is 40.8 Å². The van der Waals surface area contributed by atoms with Gasteiger partial charge in [-0.2, -0.15) is 0 Å². The second kappa shape index (κ2) is 7.97. The van der Waals surface area contributed by atoms with Gasteiger partial charge in [0.15, 0.2) is 0 Å². The zero-order chi connectivity index (χ0) is 20.4. The van der Waals surface area contributed by atoms with Crippen LogP contribution in [0.5, 0.6) is 0 Å². The number of nitrogen functional groups attached to an aromatic ring is 1. The second-order valence-electron chi connectivity index (χ2n) is 6.84. The minimum absolute atomic E-state index is 0.195. The highest BCUT2D eigenvalue weighted by atomic mass is 19.1. The van der Waals surface area contributed by atoms with E-state index in [-0.39, 0.29) is 11.8 Å². The van der Waals surface area contributed by atoms with Crippen LogP contribution in [0.3, 0.4) is 0 Å². The molecule has 0 fully saturated rings. The van der Waals surface area contributed by atoms with E-state index in [1.807, 2.05) is 10.6 Å². The predicted octanol–water partition coefficient (Wildman–Crippen LogP) is 4.02. The first-order chi connectivity index (χ1) is 14.1. The van der Waals surface area contributed by atoms with Gasteiger partial charge in [-0.25, -0.2) is 19.3 Å². The van der Waals surface area contributed by atoms with Crippen molar-refractivity contribution in [2.24, 2.45) is 0 Å². The van der Waals surface area contributed by atoms with Crippen LogP contribution in [-0.4, -0.2) is 37.3 Å². The van der Waals surface area contributed by atoms with E-state index in [0.717, 1.165) is 42.2 Å². The third kappa shape index (κ3) is 3.82. The molecule has 4 rings (SSSR count). The van der Waals surface area contributed by atoms with Crippen LogP contribution < -0.4 is 5.73 Å². The summed E-state index contributed by atoms with van der Waals surface area (Å²) in [6, 6.07) is 12.3. The molecule has 4 aromatic rings. The molecule has 3 aromatic heterocycles. The van der Waals surface area contributed by atoms with Crippen LogP contribution in [0.4, 0.5) is 10.3 Å². The number of benzene rings is 1. The molecular weight excluding hydrogens is 367 g/mol. The first kappa shape index (κ1) is 19.0. The highest BCUT2D eigenvalue weighted by molar-refractivity contribution is 5.80. The second-order valence-corrected chi connectivity index (χ2v) is 6.84. The van der Waals surface area contributed by atoms with E-state index in [1.165, 1.54) is 17.7 Å². The maximum Gasteiger partial charge on any atom is 0.220 e. The fourth-order valence-corrected chi connectivity index (χ4v) is 3.45. The molecule has 0 spiro atoms. The molecule has 29 heavy (non-hydrogen) atoms. The van der Waals surface area contributed by atoms with Gasteiger partial charge in [-0.1, -0.05) is 13.8 Å². The lowest BCUT2D eigenvalue weighted by atomic mass is 10.1. The highest BCUT2D eigenvalue weighted by Gasteiger charge is 2.18. The summed E-state index contributed by atoms with van der Waals surface area (Å²) in [6.07, 6.45) is 3.63. The van der Waals surface area contributed by atoms with Gasteiger partial charge >= 0.3 is 0 Å². The molecular formula is C22H23FN6. The van der Waals surface area contributed by atoms with Crippen LogP contribution in [0.15, 0.2) is 54.9 Å². The summed E-state index contributed by atoms with van der Waals surface area (Å²) in [4.78, 5) is 15.6. The van der Waals surface area contributed by atoms with Crippen molar-refractivity contribution in [2.75, 3.05) is 18.8 Å². The van der Waals surface area contributed by atoms with Gasteiger partial charge in [-0.3, -0.25) is 9.30 Å². The molecule has 0 atom stereocenters. The molecule has 6 nitrogen and oxygen atoms in total. The van der Waals surface area contributed by atoms with Crippen molar-refractivity contribution in [1.29, 1.82) is 0 Å². The number of halogens is 1. The van der Waals surface area contributed by atoms with Crippen LogP contribution >= 0.6 is 0 Å². The Hall–Kier alpha value is -3.32. The average molecular weight is 390 g/mol. The molecule has 1 aromatic carbocycles. The fraction of sp³-hybridized carbons (Fsp3) is 0.227. The van der Waals surface area contributed by atoms with E-state index >= 15 is 0 Å². The van der Waals surface area contributed by atoms with Gasteiger partial charge in [-0.15, -0.1) is 0 Å². The SMILES string of the molecule is CCN(CC)Cc1ccn2c(-c3ccnc(N)n3)c(-c3ccc(F)cc3)nc2c1. The molecule has 0 saturated heterocycles. The predicted molar refractivity (Wildman–Crippen MR) is 113 cm³/mol. The summed E-state index contributed by atoms with van der Waals surface area (Å²) in [7, 11) is 0. The number of aromatic nitrogens is 4. The Balaban J connectivity index is 1.89. The number of nitrogens with zero attached hydrogens (tertiary/aromatic N) is 5. The number of imidazole rings is 1. The Morgan fingerprint density at radius 2 is 1.79 bits per heavy atom. The molecule has 0 radical (unpaired) electrons. The van der Waals surface area contributed by atoms with Gasteiger partial charge in [0, 0.05) is 24.5 Å². The Morgan fingerprint density at radius 3 is 2.48 bits per heavy atom. The molecule has 0 amide bonds. The van der Waals surface area contributed by atoms with Gasteiger partial charge in [0.1, 0.15) is 11.5 Å². The molecule has 3 heterocycles. The standard InChI is InChI=1S/C22H23FN6/c1-3-28(4-2)14-15-10-12-29-19(13-15)27-20(16-5-7-17(23)8-6-16)21(29)18-9-11-25-22(24)26-18/h5-13H,3-4,14H2,1-2H3,(H2,24,25,26). The Kier molecular flexibility index (Phi) is 5.22. The van der Waals surface area contributed by atoms with E-state index in [1.54, 1.807) is 24.4 Å². The zero-order valence-electron chi connectivity index (χ0n) is 16.5. The number of rotatable bonds is 6. The summed E-state index contributed by atoms with van der Waals surface area (Å²) in [5.74, 6) is -0.0903. The number of anilines is 1. The largest absolute Gasteiger partial charge is 0.368 e. The van der Waals surface area contributed by atoms with Crippen molar-refractivity contribution in [3.05, 3.63) is 66.2 Å². The molecule has 0 saturated carbocycles. The molecule has 148 valence electrons. The summed E-state index contributed by atoms with van der Waals surface area (Å²) in [5.41, 5.74) is 10.8. The third-order valence-corrected chi connectivity index (χ3v) is 5.03. The average Bonchev–Trinajstić information content (AvgIpc) is 3.11. The zero-order valence-corrected chi connectivity index (χ0v) is 16.5. The van der Waals surface area contributed by atoms with Crippen LogP contribution in [0.1, 0.15) is 19.4 Å². The van der Waals surface area contributed by atoms with Crippen molar-refractivity contribution < 1.29 is 4.39 Å². The molecule has 2 N–H and O–H groups in total. The first-order valence-corrected chi connectivity index (χ1v) is 9.67. The van der Waals surface area contributed by atoms with Crippen LogP contribution in [0, 0.1) is 5.82 Å². The number of hydrogen-bond acceptors (Lipinski definition) is 5. The Bertz CT molecular complexity index is 1130. The van der Waals surface area contributed by atoms with Crippen LogP contribution in [-0.2, 0) is 6.54 Å². The lowest BCUT2D eigenvalue weighted by Gasteiger charge is -2.17. The number of pyridine rings is 1. The molecule has 0 bridgehead atoms. The molecule has 7 heteroatoms. The quantitative estimate of drug-likeness (QED) is 0.538. The van der Waals surface area contributed by atoms with Crippen molar-refractivity contribution in [2.45, 2.75) is 20.4 Å². The minimum atomic E-state index is -0.285. The number of fused-ring (bicyclic) bond motifs is 1. The van der Waals surface area contributed by atoms with E-state index in [0.29, 0.717) is 5.69 Å². The third-order valence-electron chi connectivity index (χ3n) is 5.03. The minimum Gasteiger partial charge on any atom is -0.368 e. The Morgan fingerprint density at radius 1 is 1.03 bits per heavy atom. The molecule has 0 aliphatic carbocycles. The van der Waals surface area contributed by atoms with Gasteiger partial charge in [0.25, 0.3) is 0 Å². The summed E-state index contributed by atoms with van der Waals surface area (Å²) < 4.78 is 15.4. The maximum absolute atomic E-state index is 13.5. The highest BCUT2D eigenvalue weighted by Crippen LogP contribution is 2.32. The van der Waals surface area contributed by atoms with Crippen molar-refractivity contribution in [3.8, 4) is 22.6 Å². The number of hydrogen-bond donors (Lipinski definition) is 1. The van der Waals surface area contributed by atoms with E-state index < -0.39 is 0 Å². The van der Waals surface area contributed by atoms with E-state index in [9.17, 15) is 4.39 Å². The van der Waals surface area contributed by atoms with Gasteiger partial charge < -0.3 is 5.73 Å². The van der Waals surface area contributed by atoms with Gasteiger partial charge in [-0.05, 0) is 61.1 Å². The maximum atomic E-state index is 13.5. The van der Waals surface area contributed by atoms with Gasteiger partial charge in [0.2, 0.25) is 5.95 Å². The smallest absolute Gasteiger partial charge is 0.220 e. The van der Waals surface area contributed by atoms with Crippen LogP contribution in [0.2, 0.25) is 0 Å². The van der Waals surface area contributed by atoms with E-state index in [4.69, 9.17) is 10.7 Å². The van der Waals surface area contributed by atoms with Crippen molar-refractivity contribution in [3.63, 3.8) is 0 Å². The topological polar surface area (TPSA) is 72.3 Å². The molecule has 0 unspecified atom stereocenters. The summed E-state index contributed by atoms with van der Waals surface area (Å²) in [5, 5.41) is 0. The Labute approximate surface area is 168 Å². The molecule has 0 aliphatic rings. The summed E-state index contributed by atoms with van der Waals surface area (Å²) in [6.45, 7) is 7.15. The number of nitrogens with two attached hydrogens (primary N) is 1. The van der Waals surface area contributed by atoms with Gasteiger partial charge in [0.05, 0.1) is 17.1 Å². The monoisotopic (exact) mass is 390 g/mol. The van der Waals surface area contributed by atoms with Crippen LogP contribution in [0.25, 0.3) is 28.3 Å². The van der Waals surface area contributed by atoms with Crippen molar-refractivity contribution in [1.82, 2.24) is 24.3 Å². The lowest BCUT2D eigenvalue weighted by Crippen LogP contribution is -2.22.